The van der Waals surface area contributed by atoms with Crippen LogP contribution in [0.2, 0.25) is 5.02 Å². The molecule has 2 N–H and O–H groups in total. The summed E-state index contributed by atoms with van der Waals surface area (Å²) in [5.41, 5.74) is 3.08. The van der Waals surface area contributed by atoms with Gasteiger partial charge in [0.15, 0.2) is 0 Å². The number of aromatic nitrogens is 1. The molecule has 1 unspecified atom stereocenters. The first-order valence-corrected chi connectivity index (χ1v) is 11.1. The molecule has 0 bridgehead atoms. The fraction of sp³-hybridized carbons (Fsp3) is 0.318. The molecule has 1 aromatic carbocycles. The van der Waals surface area contributed by atoms with Gasteiger partial charge in [-0.05, 0) is 50.1 Å². The van der Waals surface area contributed by atoms with Gasteiger partial charge in [-0.25, -0.2) is 14.2 Å². The molecule has 3 heterocycles. The molecule has 4 rings (SSSR count). The second-order valence-corrected chi connectivity index (χ2v) is 9.07. The molecule has 168 valence electrons. The summed E-state index contributed by atoms with van der Waals surface area (Å²) in [7, 11) is 0. The first kappa shape index (κ1) is 22.4. The van der Waals surface area contributed by atoms with Gasteiger partial charge in [0, 0.05) is 27.9 Å². The van der Waals surface area contributed by atoms with Crippen molar-refractivity contribution in [3.63, 3.8) is 0 Å². The van der Waals surface area contributed by atoms with Crippen molar-refractivity contribution in [2.24, 2.45) is 0 Å². The number of nitrogens with zero attached hydrogens (tertiary/aromatic N) is 2. The summed E-state index contributed by atoms with van der Waals surface area (Å²) in [6, 6.07) is 4.20. The van der Waals surface area contributed by atoms with Gasteiger partial charge in [0.25, 0.3) is 5.91 Å². The number of hydrogen-bond acceptors (Lipinski definition) is 5. The van der Waals surface area contributed by atoms with Crippen molar-refractivity contribution in [1.29, 1.82) is 0 Å². The molecule has 0 aliphatic carbocycles. The number of ether oxygens (including phenoxy) is 1. The first-order valence-electron chi connectivity index (χ1n) is 9.93. The zero-order valence-corrected chi connectivity index (χ0v) is 19.2. The largest absolute Gasteiger partial charge is 0.465 e. The minimum absolute atomic E-state index is 0.220. The number of amides is 2. The molecule has 3 aromatic rings. The highest BCUT2D eigenvalue weighted by molar-refractivity contribution is 7.21. The van der Waals surface area contributed by atoms with Gasteiger partial charge in [0.05, 0.1) is 18.2 Å². The number of halogens is 2. The van der Waals surface area contributed by atoms with Crippen LogP contribution in [0, 0.1) is 26.6 Å². The number of nitrogens with one attached hydrogen (secondary N) is 1. The number of anilines is 1. The molecular formula is C22H21ClFN3O4S. The number of rotatable bonds is 3. The van der Waals surface area contributed by atoms with Crippen molar-refractivity contribution < 1.29 is 23.8 Å². The molecule has 1 atom stereocenters. The quantitative estimate of drug-likeness (QED) is 0.532. The van der Waals surface area contributed by atoms with E-state index in [-0.39, 0.29) is 16.4 Å². The van der Waals surface area contributed by atoms with Crippen LogP contribution in [0.1, 0.15) is 38.2 Å². The lowest BCUT2D eigenvalue weighted by Crippen LogP contribution is -2.41. The summed E-state index contributed by atoms with van der Waals surface area (Å²) < 4.78 is 20.0. The van der Waals surface area contributed by atoms with Crippen LogP contribution in [0.15, 0.2) is 18.2 Å². The number of carbonyl (C=O) groups excluding carboxylic acids is 1. The van der Waals surface area contributed by atoms with E-state index in [4.69, 9.17) is 16.3 Å². The van der Waals surface area contributed by atoms with E-state index in [0.717, 1.165) is 28.0 Å². The van der Waals surface area contributed by atoms with Crippen LogP contribution < -0.4 is 5.32 Å². The summed E-state index contributed by atoms with van der Waals surface area (Å²) >= 11 is 7.49. The number of thiophene rings is 1. The monoisotopic (exact) mass is 477 g/mol. The second kappa shape index (κ2) is 8.65. The fourth-order valence-electron chi connectivity index (χ4n) is 3.91. The van der Waals surface area contributed by atoms with E-state index < -0.39 is 23.9 Å². The molecule has 7 nitrogen and oxygen atoms in total. The molecule has 32 heavy (non-hydrogen) atoms. The Balaban J connectivity index is 1.63. The highest BCUT2D eigenvalue weighted by Crippen LogP contribution is 2.37. The molecule has 2 amide bonds. The maximum absolute atomic E-state index is 13.5. The highest BCUT2D eigenvalue weighted by Gasteiger charge is 2.29. The zero-order chi connectivity index (χ0) is 23.2. The standard InChI is InChI=1S/C22H21ClFN3O4S/c1-10-11(2)20(25-12(3)17(10)15-9-27(22(29)30)6-7-31-15)26-21(28)19-18(23)14-5-4-13(24)8-16(14)32-19/h4-5,8,15H,6-7,9H2,1-3H3,(H,29,30)(H,25,26,28). The number of carboxylic acid groups (broad SMARTS) is 1. The molecule has 1 aliphatic rings. The van der Waals surface area contributed by atoms with Gasteiger partial charge in [-0.1, -0.05) is 11.6 Å². The van der Waals surface area contributed by atoms with Crippen molar-refractivity contribution in [3.05, 3.63) is 56.3 Å². The van der Waals surface area contributed by atoms with E-state index in [9.17, 15) is 19.1 Å². The average molecular weight is 478 g/mol. The summed E-state index contributed by atoms with van der Waals surface area (Å²) in [4.78, 5) is 30.5. The Morgan fingerprint density at radius 3 is 2.78 bits per heavy atom. The first-order chi connectivity index (χ1) is 15.2. The Labute approximate surface area is 192 Å². The van der Waals surface area contributed by atoms with Gasteiger partial charge < -0.3 is 20.1 Å². The number of fused-ring (bicyclic) bond motifs is 1. The van der Waals surface area contributed by atoms with Gasteiger partial charge in [0.2, 0.25) is 0 Å². The van der Waals surface area contributed by atoms with E-state index in [2.05, 4.69) is 10.3 Å². The van der Waals surface area contributed by atoms with Crippen LogP contribution in [0.4, 0.5) is 15.0 Å². The Hall–Kier alpha value is -2.75. The van der Waals surface area contributed by atoms with Crippen molar-refractivity contribution in [3.8, 4) is 0 Å². The molecule has 1 fully saturated rings. The van der Waals surface area contributed by atoms with E-state index in [1.165, 1.54) is 17.0 Å². The summed E-state index contributed by atoms with van der Waals surface area (Å²) in [6.07, 6.45) is -1.41. The number of pyridine rings is 1. The SMILES string of the molecule is Cc1nc(NC(=O)c2sc3cc(F)ccc3c2Cl)c(C)c(C)c1C1CN(C(=O)O)CCO1. The minimum Gasteiger partial charge on any atom is -0.465 e. The number of hydrogen-bond donors (Lipinski definition) is 2. The Morgan fingerprint density at radius 1 is 1.31 bits per heavy atom. The third-order valence-corrected chi connectivity index (χ3v) is 7.34. The Kier molecular flexibility index (Phi) is 6.07. The smallest absolute Gasteiger partial charge is 0.407 e. The topological polar surface area (TPSA) is 91.8 Å². The van der Waals surface area contributed by atoms with Crippen LogP contribution in [0.25, 0.3) is 10.1 Å². The van der Waals surface area contributed by atoms with Gasteiger partial charge in [-0.2, -0.15) is 0 Å². The summed E-state index contributed by atoms with van der Waals surface area (Å²) in [5.74, 6) is -0.433. The van der Waals surface area contributed by atoms with Crippen LogP contribution in [-0.2, 0) is 4.74 Å². The average Bonchev–Trinajstić information content (AvgIpc) is 3.07. The molecule has 10 heteroatoms. The molecule has 0 saturated carbocycles. The number of carbonyl (C=O) groups is 2. The van der Waals surface area contributed by atoms with Crippen molar-refractivity contribution in [1.82, 2.24) is 9.88 Å². The van der Waals surface area contributed by atoms with Crippen LogP contribution in [-0.4, -0.2) is 46.7 Å². The molecule has 0 spiro atoms. The molecule has 1 aliphatic heterocycles. The maximum Gasteiger partial charge on any atom is 0.407 e. The van der Waals surface area contributed by atoms with Crippen LogP contribution in [0.5, 0.6) is 0 Å². The fourth-order valence-corrected chi connectivity index (χ4v) is 5.34. The maximum atomic E-state index is 13.5. The van der Waals surface area contributed by atoms with E-state index in [0.29, 0.717) is 34.7 Å². The Bertz CT molecular complexity index is 1250. The predicted octanol–water partition coefficient (Wildman–Crippen LogP) is 5.32. The van der Waals surface area contributed by atoms with E-state index >= 15 is 0 Å². The zero-order valence-electron chi connectivity index (χ0n) is 17.7. The van der Waals surface area contributed by atoms with Gasteiger partial charge in [-0.3, -0.25) is 4.79 Å². The van der Waals surface area contributed by atoms with E-state index in [1.54, 1.807) is 13.0 Å². The van der Waals surface area contributed by atoms with Crippen molar-refractivity contribution in [2.75, 3.05) is 25.0 Å². The Morgan fingerprint density at radius 2 is 2.06 bits per heavy atom. The highest BCUT2D eigenvalue weighted by atomic mass is 35.5. The van der Waals surface area contributed by atoms with Gasteiger partial charge >= 0.3 is 6.09 Å². The summed E-state index contributed by atoms with van der Waals surface area (Å²) in [6.45, 7) is 6.38. The van der Waals surface area contributed by atoms with Crippen molar-refractivity contribution >= 4 is 50.8 Å². The second-order valence-electron chi connectivity index (χ2n) is 7.64. The number of benzene rings is 1. The number of morpholine rings is 1. The third kappa shape index (κ3) is 4.03. The molecule has 0 radical (unpaired) electrons. The normalized spacial score (nSPS) is 16.4. The van der Waals surface area contributed by atoms with Crippen LogP contribution >= 0.6 is 22.9 Å². The summed E-state index contributed by atoms with van der Waals surface area (Å²) in [5, 5.41) is 13.0. The van der Waals surface area contributed by atoms with E-state index in [1.807, 2.05) is 13.8 Å². The van der Waals surface area contributed by atoms with Crippen LogP contribution in [0.3, 0.4) is 0 Å². The lowest BCUT2D eigenvalue weighted by molar-refractivity contribution is -0.0239. The molecular weight excluding hydrogens is 457 g/mol. The lowest BCUT2D eigenvalue weighted by Gasteiger charge is -2.33. The van der Waals surface area contributed by atoms with Gasteiger partial charge in [-0.15, -0.1) is 11.3 Å². The predicted molar refractivity (Wildman–Crippen MR) is 121 cm³/mol. The number of aryl methyl sites for hydroxylation is 1. The minimum atomic E-state index is -0.984. The molecule has 2 aromatic heterocycles. The van der Waals surface area contributed by atoms with Crippen molar-refractivity contribution in [2.45, 2.75) is 26.9 Å². The third-order valence-electron chi connectivity index (χ3n) is 5.68. The lowest BCUT2D eigenvalue weighted by atomic mass is 9.97. The van der Waals surface area contributed by atoms with Gasteiger partial charge in [0.1, 0.15) is 22.6 Å². The molecule has 1 saturated heterocycles.